The third kappa shape index (κ3) is 2.26. The first-order valence-corrected chi connectivity index (χ1v) is 4.89. The highest BCUT2D eigenvalue weighted by Gasteiger charge is 2.02. The smallest absolute Gasteiger partial charge is 0.238 e. The van der Waals surface area contributed by atoms with E-state index in [1.54, 1.807) is 12.4 Å². The molecule has 0 saturated heterocycles. The van der Waals surface area contributed by atoms with Gasteiger partial charge in [0.1, 0.15) is 0 Å². The number of amides is 1. The largest absolute Gasteiger partial charge is 0.325 e. The van der Waals surface area contributed by atoms with Crippen molar-refractivity contribution in [1.29, 1.82) is 0 Å². The van der Waals surface area contributed by atoms with Gasteiger partial charge in [0.05, 0.1) is 12.7 Å². The van der Waals surface area contributed by atoms with E-state index in [0.29, 0.717) is 0 Å². The number of hydrogen-bond donors (Lipinski definition) is 3. The van der Waals surface area contributed by atoms with E-state index in [-0.39, 0.29) is 12.5 Å². The first kappa shape index (κ1) is 10.4. The van der Waals surface area contributed by atoms with Crippen LogP contribution in [0.5, 0.6) is 0 Å². The maximum atomic E-state index is 11.1. The second-order valence-corrected chi connectivity index (χ2v) is 3.32. The molecule has 0 fully saturated rings. The van der Waals surface area contributed by atoms with Gasteiger partial charge >= 0.3 is 0 Å². The van der Waals surface area contributed by atoms with Gasteiger partial charge in [-0.2, -0.15) is 5.10 Å². The maximum absolute atomic E-state index is 11.1. The summed E-state index contributed by atoms with van der Waals surface area (Å²) >= 11 is 0. The number of nitrogens with zero attached hydrogens (tertiary/aromatic N) is 1. The molecular weight excluding hydrogens is 204 g/mol. The van der Waals surface area contributed by atoms with Crippen molar-refractivity contribution in [2.75, 3.05) is 11.9 Å². The molecule has 0 radical (unpaired) electrons. The van der Waals surface area contributed by atoms with Crippen LogP contribution in [0.2, 0.25) is 0 Å². The van der Waals surface area contributed by atoms with Crippen molar-refractivity contribution in [3.05, 3.63) is 36.7 Å². The van der Waals surface area contributed by atoms with Gasteiger partial charge in [0.2, 0.25) is 5.91 Å². The van der Waals surface area contributed by atoms with Crippen LogP contribution in [0.3, 0.4) is 0 Å². The van der Waals surface area contributed by atoms with Crippen molar-refractivity contribution in [3.63, 3.8) is 0 Å². The van der Waals surface area contributed by atoms with Crippen molar-refractivity contribution in [2.45, 2.75) is 0 Å². The van der Waals surface area contributed by atoms with Crippen LogP contribution in [0.25, 0.3) is 11.1 Å². The number of H-pyrrole nitrogens is 1. The predicted octanol–water partition coefficient (Wildman–Crippen LogP) is 0.974. The van der Waals surface area contributed by atoms with E-state index in [1.165, 1.54) is 0 Å². The zero-order valence-corrected chi connectivity index (χ0v) is 8.60. The highest BCUT2D eigenvalue weighted by Crippen LogP contribution is 2.21. The average molecular weight is 216 g/mol. The van der Waals surface area contributed by atoms with Crippen LogP contribution < -0.4 is 11.1 Å². The second-order valence-electron chi connectivity index (χ2n) is 3.32. The molecule has 4 N–H and O–H groups in total. The Kier molecular flexibility index (Phi) is 2.98. The van der Waals surface area contributed by atoms with Gasteiger partial charge in [-0.15, -0.1) is 0 Å². The van der Waals surface area contributed by atoms with Crippen molar-refractivity contribution >= 4 is 11.6 Å². The van der Waals surface area contributed by atoms with E-state index in [1.807, 2.05) is 24.3 Å². The van der Waals surface area contributed by atoms with Crippen LogP contribution >= 0.6 is 0 Å². The summed E-state index contributed by atoms with van der Waals surface area (Å²) in [5.74, 6) is -0.204. The molecule has 2 aromatic rings. The average Bonchev–Trinajstić information content (AvgIpc) is 2.83. The van der Waals surface area contributed by atoms with Crippen molar-refractivity contribution in [3.8, 4) is 11.1 Å². The van der Waals surface area contributed by atoms with Gasteiger partial charge in [0.25, 0.3) is 0 Å². The Morgan fingerprint density at radius 1 is 1.44 bits per heavy atom. The van der Waals surface area contributed by atoms with Gasteiger partial charge in [0, 0.05) is 17.4 Å². The van der Waals surface area contributed by atoms with Gasteiger partial charge in [-0.25, -0.2) is 0 Å². The second kappa shape index (κ2) is 4.59. The molecule has 16 heavy (non-hydrogen) atoms. The number of aromatic amines is 1. The fourth-order valence-corrected chi connectivity index (χ4v) is 1.40. The van der Waals surface area contributed by atoms with E-state index in [0.717, 1.165) is 16.8 Å². The minimum absolute atomic E-state index is 0.0179. The Hall–Kier alpha value is -2.14. The normalized spacial score (nSPS) is 10.1. The molecule has 1 amide bonds. The Bertz CT molecular complexity index is 478. The van der Waals surface area contributed by atoms with Crippen LogP contribution in [0.1, 0.15) is 0 Å². The highest BCUT2D eigenvalue weighted by molar-refractivity contribution is 5.92. The Morgan fingerprint density at radius 3 is 3.00 bits per heavy atom. The van der Waals surface area contributed by atoms with E-state index in [9.17, 15) is 4.79 Å². The third-order valence-corrected chi connectivity index (χ3v) is 2.16. The quantitative estimate of drug-likeness (QED) is 0.714. The summed E-state index contributed by atoms with van der Waals surface area (Å²) in [5.41, 5.74) is 7.92. The van der Waals surface area contributed by atoms with Crippen LogP contribution in [-0.2, 0) is 4.79 Å². The highest BCUT2D eigenvalue weighted by atomic mass is 16.1. The Labute approximate surface area is 92.7 Å². The first-order chi connectivity index (χ1) is 7.79. The van der Waals surface area contributed by atoms with E-state index >= 15 is 0 Å². The minimum Gasteiger partial charge on any atom is -0.325 e. The zero-order chi connectivity index (χ0) is 11.4. The number of nitrogens with one attached hydrogen (secondary N) is 2. The SMILES string of the molecule is NCC(=O)Nc1cccc(-c2cn[nH]c2)c1. The van der Waals surface area contributed by atoms with Gasteiger partial charge < -0.3 is 11.1 Å². The van der Waals surface area contributed by atoms with Gasteiger partial charge in [-0.3, -0.25) is 9.89 Å². The number of carbonyl (C=O) groups is 1. The molecule has 0 aliphatic rings. The fourth-order valence-electron chi connectivity index (χ4n) is 1.40. The van der Waals surface area contributed by atoms with Crippen LogP contribution in [0, 0.1) is 0 Å². The number of aromatic nitrogens is 2. The number of anilines is 1. The molecule has 1 aromatic carbocycles. The summed E-state index contributed by atoms with van der Waals surface area (Å²) in [6.07, 6.45) is 3.52. The monoisotopic (exact) mass is 216 g/mol. The van der Waals surface area contributed by atoms with Crippen LogP contribution in [-0.4, -0.2) is 22.6 Å². The number of rotatable bonds is 3. The molecule has 1 aromatic heterocycles. The number of nitrogens with two attached hydrogens (primary N) is 1. The predicted molar refractivity (Wildman–Crippen MR) is 61.7 cm³/mol. The standard InChI is InChI=1S/C11H12N4O/c12-5-11(16)15-10-3-1-2-8(4-10)9-6-13-14-7-9/h1-4,6-7H,5,12H2,(H,13,14)(H,15,16). The summed E-state index contributed by atoms with van der Waals surface area (Å²) in [7, 11) is 0. The lowest BCUT2D eigenvalue weighted by Crippen LogP contribution is -2.21. The molecule has 0 aliphatic heterocycles. The molecule has 0 aliphatic carbocycles. The van der Waals surface area contributed by atoms with E-state index < -0.39 is 0 Å². The molecule has 0 spiro atoms. The molecule has 0 bridgehead atoms. The number of benzene rings is 1. The summed E-state index contributed by atoms with van der Waals surface area (Å²) in [6, 6.07) is 7.51. The molecule has 0 saturated carbocycles. The number of carbonyl (C=O) groups excluding carboxylic acids is 1. The Balaban J connectivity index is 2.23. The molecule has 82 valence electrons. The summed E-state index contributed by atoms with van der Waals surface area (Å²) < 4.78 is 0. The lowest BCUT2D eigenvalue weighted by atomic mass is 10.1. The maximum Gasteiger partial charge on any atom is 0.238 e. The van der Waals surface area contributed by atoms with Crippen molar-refractivity contribution < 1.29 is 4.79 Å². The van der Waals surface area contributed by atoms with Crippen molar-refractivity contribution in [1.82, 2.24) is 10.2 Å². The van der Waals surface area contributed by atoms with Crippen molar-refractivity contribution in [2.24, 2.45) is 5.73 Å². The fraction of sp³-hybridized carbons (Fsp3) is 0.0909. The molecule has 2 rings (SSSR count). The topological polar surface area (TPSA) is 83.8 Å². The first-order valence-electron chi connectivity index (χ1n) is 4.89. The van der Waals surface area contributed by atoms with Gasteiger partial charge in [-0.05, 0) is 17.7 Å². The molecule has 1 heterocycles. The van der Waals surface area contributed by atoms with E-state index in [2.05, 4.69) is 15.5 Å². The number of hydrogen-bond acceptors (Lipinski definition) is 3. The molecule has 0 unspecified atom stereocenters. The van der Waals surface area contributed by atoms with Crippen LogP contribution in [0.4, 0.5) is 5.69 Å². The lowest BCUT2D eigenvalue weighted by Gasteiger charge is -2.04. The Morgan fingerprint density at radius 2 is 2.31 bits per heavy atom. The van der Waals surface area contributed by atoms with Crippen LogP contribution in [0.15, 0.2) is 36.7 Å². The molecule has 5 heteroatoms. The molecule has 5 nitrogen and oxygen atoms in total. The zero-order valence-electron chi connectivity index (χ0n) is 8.60. The van der Waals surface area contributed by atoms with Gasteiger partial charge in [0.15, 0.2) is 0 Å². The third-order valence-electron chi connectivity index (χ3n) is 2.16. The summed E-state index contributed by atoms with van der Waals surface area (Å²) in [6.45, 7) is -0.0179. The molecular formula is C11H12N4O. The van der Waals surface area contributed by atoms with E-state index in [4.69, 9.17) is 5.73 Å². The summed E-state index contributed by atoms with van der Waals surface area (Å²) in [4.78, 5) is 11.1. The van der Waals surface area contributed by atoms with Gasteiger partial charge in [-0.1, -0.05) is 12.1 Å². The lowest BCUT2D eigenvalue weighted by molar-refractivity contribution is -0.114. The summed E-state index contributed by atoms with van der Waals surface area (Å²) in [5, 5.41) is 9.31. The molecule has 0 atom stereocenters. The minimum atomic E-state index is -0.204.